The molecule has 0 bridgehead atoms. The lowest BCUT2D eigenvalue weighted by Gasteiger charge is -2.12. The van der Waals surface area contributed by atoms with Gasteiger partial charge in [0.05, 0.1) is 32.5 Å². The molecule has 0 aliphatic rings. The van der Waals surface area contributed by atoms with Gasteiger partial charge < -0.3 is 22.9 Å². The van der Waals surface area contributed by atoms with E-state index in [9.17, 15) is 8.42 Å². The van der Waals surface area contributed by atoms with Crippen LogP contribution in [0.4, 0.5) is 22.7 Å². The van der Waals surface area contributed by atoms with Crippen LogP contribution in [0.15, 0.2) is 34.1 Å². The van der Waals surface area contributed by atoms with Crippen LogP contribution >= 0.6 is 0 Å². The van der Waals surface area contributed by atoms with Crippen molar-refractivity contribution in [3.05, 3.63) is 35.4 Å². The SMILES string of the molecule is Cc1cc(S(=O)(=O)c2cc(C)c(N)c(N)c2)cc(N)c1N. The molecule has 0 aliphatic heterocycles. The molecule has 0 atom stereocenters. The Hall–Kier alpha value is -2.41. The van der Waals surface area contributed by atoms with E-state index >= 15 is 0 Å². The minimum absolute atomic E-state index is 0.0790. The number of hydrogen-bond acceptors (Lipinski definition) is 6. The second kappa shape index (κ2) is 4.85. The number of aryl methyl sites for hydroxylation is 2. The van der Waals surface area contributed by atoms with Crippen LogP contribution < -0.4 is 22.9 Å². The van der Waals surface area contributed by atoms with E-state index in [0.29, 0.717) is 22.5 Å². The summed E-state index contributed by atoms with van der Waals surface area (Å²) in [6, 6.07) is 5.67. The number of benzene rings is 2. The van der Waals surface area contributed by atoms with Crippen molar-refractivity contribution in [1.82, 2.24) is 0 Å². The first kappa shape index (κ1) is 15.0. The lowest BCUT2D eigenvalue weighted by Crippen LogP contribution is -2.08. The van der Waals surface area contributed by atoms with E-state index in [4.69, 9.17) is 22.9 Å². The van der Waals surface area contributed by atoms with E-state index in [-0.39, 0.29) is 21.2 Å². The van der Waals surface area contributed by atoms with Crippen LogP contribution in [0.1, 0.15) is 11.1 Å². The summed E-state index contributed by atoms with van der Waals surface area (Å²) in [7, 11) is -3.73. The van der Waals surface area contributed by atoms with Crippen LogP contribution in [0.3, 0.4) is 0 Å². The molecular formula is C14H18N4O2S. The van der Waals surface area contributed by atoms with Gasteiger partial charge in [0, 0.05) is 0 Å². The summed E-state index contributed by atoms with van der Waals surface area (Å²) in [5.41, 5.74) is 25.4. The van der Waals surface area contributed by atoms with Crippen molar-refractivity contribution < 1.29 is 8.42 Å². The van der Waals surface area contributed by atoms with Gasteiger partial charge in [-0.05, 0) is 49.2 Å². The molecule has 0 aromatic heterocycles. The third-order valence-electron chi connectivity index (χ3n) is 3.41. The molecule has 6 nitrogen and oxygen atoms in total. The van der Waals surface area contributed by atoms with Crippen LogP contribution in [0, 0.1) is 13.8 Å². The van der Waals surface area contributed by atoms with Crippen LogP contribution in [0.5, 0.6) is 0 Å². The number of rotatable bonds is 2. The second-order valence-corrected chi connectivity index (χ2v) is 6.94. The molecule has 0 unspecified atom stereocenters. The molecular weight excluding hydrogens is 288 g/mol. The van der Waals surface area contributed by atoms with E-state index in [1.807, 2.05) is 0 Å². The smallest absolute Gasteiger partial charge is 0.206 e. The summed E-state index contributed by atoms with van der Waals surface area (Å²) in [6.45, 7) is 3.40. The highest BCUT2D eigenvalue weighted by atomic mass is 32.2. The van der Waals surface area contributed by atoms with Crippen molar-refractivity contribution in [3.8, 4) is 0 Å². The molecule has 8 N–H and O–H groups in total. The lowest BCUT2D eigenvalue weighted by molar-refractivity contribution is 0.596. The zero-order chi connectivity index (χ0) is 15.9. The molecule has 0 spiro atoms. The summed E-state index contributed by atoms with van der Waals surface area (Å²) < 4.78 is 25.3. The van der Waals surface area contributed by atoms with Gasteiger partial charge in [-0.1, -0.05) is 0 Å². The van der Waals surface area contributed by atoms with Gasteiger partial charge in [-0.2, -0.15) is 0 Å². The molecule has 2 rings (SSSR count). The first-order valence-corrected chi connectivity index (χ1v) is 7.69. The van der Waals surface area contributed by atoms with Gasteiger partial charge in [-0.25, -0.2) is 8.42 Å². The van der Waals surface area contributed by atoms with Gasteiger partial charge in [0.15, 0.2) is 0 Å². The van der Waals surface area contributed by atoms with Gasteiger partial charge in [-0.15, -0.1) is 0 Å². The Bertz CT molecular complexity index is 719. The summed E-state index contributed by atoms with van der Waals surface area (Å²) >= 11 is 0. The molecule has 21 heavy (non-hydrogen) atoms. The Morgan fingerprint density at radius 1 is 0.714 bits per heavy atom. The molecule has 0 saturated heterocycles. The Morgan fingerprint density at radius 2 is 1.05 bits per heavy atom. The standard InChI is InChI=1S/C14H18N4O2S/c1-7-3-9(5-11(15)13(7)17)21(19,20)10-4-8(2)14(18)12(16)6-10/h3-6H,15-18H2,1-2H3. The van der Waals surface area contributed by atoms with Gasteiger partial charge in [0.25, 0.3) is 0 Å². The molecule has 0 aliphatic carbocycles. The molecule has 0 fully saturated rings. The summed E-state index contributed by atoms with van der Waals surface area (Å²) in [5, 5.41) is 0. The highest BCUT2D eigenvalue weighted by molar-refractivity contribution is 7.91. The number of anilines is 4. The first-order valence-electron chi connectivity index (χ1n) is 6.21. The van der Waals surface area contributed by atoms with E-state index in [1.54, 1.807) is 13.8 Å². The van der Waals surface area contributed by atoms with Gasteiger partial charge in [0.1, 0.15) is 0 Å². The maximum absolute atomic E-state index is 12.7. The van der Waals surface area contributed by atoms with E-state index < -0.39 is 9.84 Å². The average molecular weight is 306 g/mol. The quantitative estimate of drug-likeness (QED) is 0.620. The van der Waals surface area contributed by atoms with Crippen LogP contribution in [0.25, 0.3) is 0 Å². The minimum Gasteiger partial charge on any atom is -0.397 e. The molecule has 7 heteroatoms. The second-order valence-electron chi connectivity index (χ2n) is 4.99. The number of hydrogen-bond donors (Lipinski definition) is 4. The van der Waals surface area contributed by atoms with Crippen molar-refractivity contribution in [2.24, 2.45) is 0 Å². The van der Waals surface area contributed by atoms with E-state index in [1.165, 1.54) is 24.3 Å². The molecule has 0 amide bonds. The molecule has 2 aromatic rings. The molecule has 2 aromatic carbocycles. The third-order valence-corrected chi connectivity index (χ3v) is 5.12. The van der Waals surface area contributed by atoms with Crippen LogP contribution in [-0.2, 0) is 9.84 Å². The van der Waals surface area contributed by atoms with Gasteiger partial charge >= 0.3 is 0 Å². The molecule has 0 saturated carbocycles. The number of nitrogens with two attached hydrogens (primary N) is 4. The Balaban J connectivity index is 2.68. The van der Waals surface area contributed by atoms with Crippen LogP contribution in [-0.4, -0.2) is 8.42 Å². The fourth-order valence-corrected chi connectivity index (χ4v) is 3.53. The first-order chi connectivity index (χ1) is 9.64. The molecule has 0 heterocycles. The van der Waals surface area contributed by atoms with Crippen molar-refractivity contribution in [2.45, 2.75) is 23.6 Å². The van der Waals surface area contributed by atoms with Crippen molar-refractivity contribution in [2.75, 3.05) is 22.9 Å². The highest BCUT2D eigenvalue weighted by Gasteiger charge is 2.21. The monoisotopic (exact) mass is 306 g/mol. The Kier molecular flexibility index (Phi) is 3.46. The largest absolute Gasteiger partial charge is 0.397 e. The average Bonchev–Trinajstić information content (AvgIpc) is 2.40. The normalized spacial score (nSPS) is 11.5. The topological polar surface area (TPSA) is 138 Å². The Labute approximate surface area is 123 Å². The van der Waals surface area contributed by atoms with Gasteiger partial charge in [0.2, 0.25) is 9.84 Å². The fraction of sp³-hybridized carbons (Fsp3) is 0.143. The molecule has 112 valence electrons. The number of nitrogen functional groups attached to an aromatic ring is 4. The predicted molar refractivity (Wildman–Crippen MR) is 85.5 cm³/mol. The highest BCUT2D eigenvalue weighted by Crippen LogP contribution is 2.31. The molecule has 0 radical (unpaired) electrons. The van der Waals surface area contributed by atoms with Crippen LogP contribution in [0.2, 0.25) is 0 Å². The minimum atomic E-state index is -3.73. The summed E-state index contributed by atoms with van der Waals surface area (Å²) in [6.07, 6.45) is 0. The van der Waals surface area contributed by atoms with E-state index in [0.717, 1.165) is 0 Å². The van der Waals surface area contributed by atoms with E-state index in [2.05, 4.69) is 0 Å². The third kappa shape index (κ3) is 2.47. The maximum atomic E-state index is 12.7. The zero-order valence-corrected chi connectivity index (χ0v) is 12.7. The zero-order valence-electron chi connectivity index (χ0n) is 11.8. The number of sulfone groups is 1. The fourth-order valence-electron chi connectivity index (χ4n) is 2.03. The summed E-state index contributed by atoms with van der Waals surface area (Å²) in [4.78, 5) is 0.158. The van der Waals surface area contributed by atoms with Crippen molar-refractivity contribution in [3.63, 3.8) is 0 Å². The Morgan fingerprint density at radius 3 is 1.33 bits per heavy atom. The lowest BCUT2D eigenvalue weighted by atomic mass is 10.2. The van der Waals surface area contributed by atoms with Crippen molar-refractivity contribution in [1.29, 1.82) is 0 Å². The van der Waals surface area contributed by atoms with Crippen molar-refractivity contribution >= 4 is 32.6 Å². The maximum Gasteiger partial charge on any atom is 0.206 e. The predicted octanol–water partition coefficient (Wildman–Crippen LogP) is 1.47. The summed E-state index contributed by atoms with van der Waals surface area (Å²) in [5.74, 6) is 0. The van der Waals surface area contributed by atoms with Gasteiger partial charge in [-0.3, -0.25) is 0 Å².